The van der Waals surface area contributed by atoms with Gasteiger partial charge in [0.05, 0.1) is 0 Å². The molecule has 0 heteroatoms. The molecule has 0 radical (unpaired) electrons. The van der Waals surface area contributed by atoms with E-state index in [0.29, 0.717) is 11.8 Å². The molecular weight excluding hydrogens is 613 g/mol. The van der Waals surface area contributed by atoms with Crippen molar-refractivity contribution < 1.29 is 0 Å². The van der Waals surface area contributed by atoms with Crippen molar-refractivity contribution in [2.45, 2.75) is 57.8 Å². The lowest BCUT2D eigenvalue weighted by atomic mass is 9.73. The second kappa shape index (κ2) is 13.3. The summed E-state index contributed by atoms with van der Waals surface area (Å²) in [7, 11) is 0. The zero-order chi connectivity index (χ0) is 34.3. The van der Waals surface area contributed by atoms with E-state index in [2.05, 4.69) is 172 Å². The van der Waals surface area contributed by atoms with Gasteiger partial charge in [-0.15, -0.1) is 0 Å². The molecule has 2 aliphatic rings. The van der Waals surface area contributed by atoms with Crippen LogP contribution in [0.1, 0.15) is 66.2 Å². The lowest BCUT2D eigenvalue weighted by Crippen LogP contribution is -2.12. The molecule has 2 aliphatic carbocycles. The third-order valence-corrected chi connectivity index (χ3v) is 11.4. The molecule has 0 saturated heterocycles. The van der Waals surface area contributed by atoms with Gasteiger partial charge in [-0.05, 0) is 159 Å². The van der Waals surface area contributed by atoms with E-state index in [4.69, 9.17) is 0 Å². The zero-order valence-electron chi connectivity index (χ0n) is 29.7. The fraction of sp³-hybridized carbons (Fsp3) is 0.176. The Labute approximate surface area is 303 Å². The van der Waals surface area contributed by atoms with Gasteiger partial charge in [0.2, 0.25) is 0 Å². The highest BCUT2D eigenvalue weighted by Crippen LogP contribution is 2.51. The predicted molar refractivity (Wildman–Crippen MR) is 217 cm³/mol. The third kappa shape index (κ3) is 6.04. The van der Waals surface area contributed by atoms with Crippen LogP contribution in [-0.4, -0.2) is 0 Å². The molecule has 0 aromatic heterocycles. The van der Waals surface area contributed by atoms with E-state index in [1.54, 1.807) is 0 Å². The molecule has 0 atom stereocenters. The molecule has 0 N–H and O–H groups in total. The van der Waals surface area contributed by atoms with Gasteiger partial charge in [-0.25, -0.2) is 0 Å². The van der Waals surface area contributed by atoms with Gasteiger partial charge in [0.25, 0.3) is 0 Å². The van der Waals surface area contributed by atoms with Gasteiger partial charge >= 0.3 is 0 Å². The van der Waals surface area contributed by atoms with Gasteiger partial charge in [-0.2, -0.15) is 0 Å². The molecule has 0 aliphatic heterocycles. The van der Waals surface area contributed by atoms with Crippen LogP contribution in [0, 0.1) is 13.8 Å². The van der Waals surface area contributed by atoms with E-state index < -0.39 is 0 Å². The monoisotopic (exact) mass is 656 g/mol. The van der Waals surface area contributed by atoms with Gasteiger partial charge in [0.15, 0.2) is 0 Å². The van der Waals surface area contributed by atoms with E-state index in [0.717, 1.165) is 0 Å². The summed E-state index contributed by atoms with van der Waals surface area (Å²) in [4.78, 5) is 0. The van der Waals surface area contributed by atoms with Crippen LogP contribution in [0.15, 0.2) is 158 Å². The maximum atomic E-state index is 2.54. The lowest BCUT2D eigenvalue weighted by Gasteiger charge is -2.31. The molecule has 0 unspecified atom stereocenters. The van der Waals surface area contributed by atoms with Gasteiger partial charge in [-0.1, -0.05) is 146 Å². The largest absolute Gasteiger partial charge is 0.0622 e. The summed E-state index contributed by atoms with van der Waals surface area (Å²) in [5.41, 5.74) is 21.8. The second-order valence-electron chi connectivity index (χ2n) is 14.8. The summed E-state index contributed by atoms with van der Waals surface area (Å²) >= 11 is 0. The highest BCUT2D eigenvalue weighted by Gasteiger charge is 2.31. The van der Waals surface area contributed by atoms with Crippen LogP contribution in [0.5, 0.6) is 0 Å². The minimum atomic E-state index is 0.586. The van der Waals surface area contributed by atoms with Crippen LogP contribution in [-0.2, 0) is 0 Å². The summed E-state index contributed by atoms with van der Waals surface area (Å²) in [5, 5.41) is 0. The smallest absolute Gasteiger partial charge is 0.0140 e. The third-order valence-electron chi connectivity index (χ3n) is 11.4. The van der Waals surface area contributed by atoms with Crippen molar-refractivity contribution in [3.63, 3.8) is 0 Å². The maximum Gasteiger partial charge on any atom is -0.0140 e. The van der Waals surface area contributed by atoms with Gasteiger partial charge < -0.3 is 0 Å². The molecule has 0 nitrogen and oxygen atoms in total. The fourth-order valence-corrected chi connectivity index (χ4v) is 8.48. The highest BCUT2D eigenvalue weighted by atomic mass is 14.3. The molecule has 9 rings (SSSR count). The van der Waals surface area contributed by atoms with Crippen molar-refractivity contribution in [3.8, 4) is 66.8 Å². The maximum absolute atomic E-state index is 2.54. The second-order valence-corrected chi connectivity index (χ2v) is 14.8. The quantitative estimate of drug-likeness (QED) is 0.153. The average Bonchev–Trinajstić information content (AvgIpc) is 4.01. The molecule has 0 amide bonds. The topological polar surface area (TPSA) is 0 Å². The fourth-order valence-electron chi connectivity index (χ4n) is 8.48. The van der Waals surface area contributed by atoms with Gasteiger partial charge in [0.1, 0.15) is 0 Å². The summed E-state index contributed by atoms with van der Waals surface area (Å²) in [6.45, 7) is 4.62. The Hall–Kier alpha value is -5.46. The first-order valence-electron chi connectivity index (χ1n) is 18.8. The summed E-state index contributed by atoms with van der Waals surface area (Å²) < 4.78 is 0. The molecule has 0 heterocycles. The molecule has 7 aromatic rings. The molecular formula is C51H44. The molecule has 7 aromatic carbocycles. The first-order valence-corrected chi connectivity index (χ1v) is 18.8. The molecule has 0 bridgehead atoms. The number of hydrogen-bond donors (Lipinski definition) is 0. The van der Waals surface area contributed by atoms with Crippen LogP contribution in [0.3, 0.4) is 0 Å². The number of aryl methyl sites for hydroxylation is 2. The molecule has 0 spiro atoms. The Balaban J connectivity index is 1.18. The van der Waals surface area contributed by atoms with Crippen LogP contribution in [0.2, 0.25) is 0 Å². The van der Waals surface area contributed by atoms with Crippen molar-refractivity contribution in [2.24, 2.45) is 0 Å². The van der Waals surface area contributed by atoms with Gasteiger partial charge in [0, 0.05) is 0 Å². The Morgan fingerprint density at radius 2 is 0.706 bits per heavy atom. The van der Waals surface area contributed by atoms with Crippen LogP contribution in [0.4, 0.5) is 0 Å². The molecule has 51 heavy (non-hydrogen) atoms. The SMILES string of the molecule is Cc1cc(C)c(-c2cccc(-c3cccc(-c4ccccc4)c3)c2C2CC2)cc1-c1cccc(-c2cccc(-c3ccccc3)c2)c1C1CCC1. The summed E-state index contributed by atoms with van der Waals surface area (Å²) in [6, 6.07) is 58.9. The molecule has 2 fully saturated rings. The highest BCUT2D eigenvalue weighted by molar-refractivity contribution is 5.88. The Morgan fingerprint density at radius 1 is 0.314 bits per heavy atom. The Kier molecular flexibility index (Phi) is 8.25. The Morgan fingerprint density at radius 3 is 1.14 bits per heavy atom. The number of benzene rings is 7. The molecule has 248 valence electrons. The first kappa shape index (κ1) is 31.5. The van der Waals surface area contributed by atoms with Crippen molar-refractivity contribution >= 4 is 0 Å². The van der Waals surface area contributed by atoms with Crippen LogP contribution in [0.25, 0.3) is 66.8 Å². The van der Waals surface area contributed by atoms with E-state index >= 15 is 0 Å². The van der Waals surface area contributed by atoms with Crippen LogP contribution < -0.4 is 0 Å². The van der Waals surface area contributed by atoms with E-state index in [9.17, 15) is 0 Å². The Bertz CT molecular complexity index is 2350. The molecule has 2 saturated carbocycles. The van der Waals surface area contributed by atoms with Crippen LogP contribution >= 0.6 is 0 Å². The normalized spacial score (nSPS) is 14.3. The standard InChI is InChI=1S/C51H44/c1-34-30-35(2)49(47-27-13-25-45(51(47)39-28-29-39)43-23-11-21-41(32-43)37-16-7-4-8-17-37)33-48(34)46-26-12-24-44(50(46)38-18-9-19-38)42-22-10-20-40(31-42)36-14-5-3-6-15-36/h3-8,10-17,20-27,30-33,38-39H,9,18-19,28-29H2,1-2H3. The number of rotatable bonds is 8. The lowest BCUT2D eigenvalue weighted by molar-refractivity contribution is 0.421. The van der Waals surface area contributed by atoms with Crippen molar-refractivity contribution in [1.82, 2.24) is 0 Å². The van der Waals surface area contributed by atoms with Crippen molar-refractivity contribution in [2.75, 3.05) is 0 Å². The van der Waals surface area contributed by atoms with E-state index in [1.165, 1.54) is 121 Å². The zero-order valence-corrected chi connectivity index (χ0v) is 29.7. The average molecular weight is 657 g/mol. The predicted octanol–water partition coefficient (Wildman–Crippen LogP) is 14.5. The van der Waals surface area contributed by atoms with Crippen molar-refractivity contribution in [1.29, 1.82) is 0 Å². The number of hydrogen-bond acceptors (Lipinski definition) is 0. The summed E-state index contributed by atoms with van der Waals surface area (Å²) in [5.74, 6) is 1.19. The van der Waals surface area contributed by atoms with E-state index in [-0.39, 0.29) is 0 Å². The van der Waals surface area contributed by atoms with Gasteiger partial charge in [-0.3, -0.25) is 0 Å². The minimum Gasteiger partial charge on any atom is -0.0622 e. The minimum absolute atomic E-state index is 0.586. The summed E-state index contributed by atoms with van der Waals surface area (Å²) in [6.07, 6.45) is 6.35. The first-order chi connectivity index (χ1) is 25.1. The van der Waals surface area contributed by atoms with E-state index in [1.807, 2.05) is 0 Å². The van der Waals surface area contributed by atoms with Crippen molar-refractivity contribution in [3.05, 3.63) is 180 Å².